The van der Waals surface area contributed by atoms with Crippen molar-refractivity contribution in [3.05, 3.63) is 48.6 Å². The van der Waals surface area contributed by atoms with Crippen molar-refractivity contribution in [2.45, 2.75) is 37.6 Å². The summed E-state index contributed by atoms with van der Waals surface area (Å²) < 4.78 is 0. The van der Waals surface area contributed by atoms with Crippen LogP contribution in [0.5, 0.6) is 0 Å². The summed E-state index contributed by atoms with van der Waals surface area (Å²) in [5.74, 6) is 0.575. The molecule has 6 heteroatoms. The van der Waals surface area contributed by atoms with Gasteiger partial charge in [0.15, 0.2) is 0 Å². The second-order valence-corrected chi connectivity index (χ2v) is 7.29. The summed E-state index contributed by atoms with van der Waals surface area (Å²) in [6.45, 7) is 6.02. The fourth-order valence-electron chi connectivity index (χ4n) is 3.54. The Kier molecular flexibility index (Phi) is 4.51. The zero-order valence-electron chi connectivity index (χ0n) is 15.0. The Hall–Kier alpha value is -2.60. The van der Waals surface area contributed by atoms with Gasteiger partial charge in [0.2, 0.25) is 0 Å². The minimum Gasteiger partial charge on any atom is -0.397 e. The van der Waals surface area contributed by atoms with Crippen molar-refractivity contribution in [1.29, 1.82) is 0 Å². The Morgan fingerprint density at radius 3 is 2.85 bits per heavy atom. The van der Waals surface area contributed by atoms with Crippen LogP contribution >= 0.6 is 0 Å². The second kappa shape index (κ2) is 6.96. The summed E-state index contributed by atoms with van der Waals surface area (Å²) >= 11 is 0. The van der Waals surface area contributed by atoms with Crippen LogP contribution in [0.4, 0.5) is 17.1 Å². The third-order valence-electron chi connectivity index (χ3n) is 5.11. The van der Waals surface area contributed by atoms with Crippen LogP contribution in [0.25, 0.3) is 5.70 Å². The monoisotopic (exact) mass is 350 g/mol. The fraction of sp³-hybridized carbons (Fsp3) is 0.400. The zero-order chi connectivity index (χ0) is 18.1. The molecule has 1 aliphatic heterocycles. The van der Waals surface area contributed by atoms with Crippen LogP contribution in [-0.4, -0.2) is 29.1 Å². The van der Waals surface area contributed by atoms with Gasteiger partial charge in [-0.05, 0) is 43.9 Å². The Morgan fingerprint density at radius 2 is 2.08 bits per heavy atom. The number of hydrogen-bond acceptors (Lipinski definition) is 6. The number of anilines is 3. The van der Waals surface area contributed by atoms with Crippen molar-refractivity contribution in [1.82, 2.24) is 9.97 Å². The van der Waals surface area contributed by atoms with Crippen LogP contribution in [-0.2, 0) is 0 Å². The van der Waals surface area contributed by atoms with Crippen molar-refractivity contribution >= 4 is 22.8 Å². The molecule has 0 bridgehead atoms. The average Bonchev–Trinajstić information content (AvgIpc) is 3.47. The molecule has 0 amide bonds. The topological polar surface area (TPSA) is 93.1 Å². The Balaban J connectivity index is 1.57. The van der Waals surface area contributed by atoms with Crippen molar-refractivity contribution < 1.29 is 0 Å². The lowest BCUT2D eigenvalue weighted by molar-refractivity contribution is 0.506. The van der Waals surface area contributed by atoms with Crippen molar-refractivity contribution in [2.75, 3.05) is 29.0 Å². The molecule has 136 valence electrons. The van der Waals surface area contributed by atoms with E-state index in [9.17, 15) is 0 Å². The van der Waals surface area contributed by atoms with Gasteiger partial charge in [0.05, 0.1) is 29.0 Å². The van der Waals surface area contributed by atoms with Gasteiger partial charge < -0.3 is 21.7 Å². The number of piperidine rings is 1. The van der Waals surface area contributed by atoms with Crippen molar-refractivity contribution in [2.24, 2.45) is 5.73 Å². The van der Waals surface area contributed by atoms with Gasteiger partial charge in [0, 0.05) is 36.9 Å². The molecular formula is C20H26N6. The van der Waals surface area contributed by atoms with E-state index in [1.807, 2.05) is 30.6 Å². The molecule has 1 saturated heterocycles. The molecule has 0 spiro atoms. The standard InChI is InChI=1S/C20H26N6/c1-13(20-16(22)6-7-17(25-20)14-4-5-14)24-18-11-23-9-8-19(18)26-10-2-3-15(21)12-26/h6-9,11,14-15,24H,1-5,10,12,21-22H2/t15-/m0/s1. The normalized spacial score (nSPS) is 20.0. The van der Waals surface area contributed by atoms with Gasteiger partial charge in [-0.15, -0.1) is 0 Å². The number of nitrogens with one attached hydrogen (secondary N) is 1. The number of aromatic nitrogens is 2. The van der Waals surface area contributed by atoms with E-state index in [1.165, 1.54) is 12.8 Å². The summed E-state index contributed by atoms with van der Waals surface area (Å²) in [6, 6.07) is 6.18. The molecule has 1 atom stereocenters. The van der Waals surface area contributed by atoms with E-state index in [4.69, 9.17) is 16.5 Å². The maximum absolute atomic E-state index is 6.16. The summed E-state index contributed by atoms with van der Waals surface area (Å²) in [5, 5.41) is 3.38. The lowest BCUT2D eigenvalue weighted by atomic mass is 10.1. The molecule has 0 unspecified atom stereocenters. The molecule has 2 fully saturated rings. The number of hydrogen-bond donors (Lipinski definition) is 3. The quantitative estimate of drug-likeness (QED) is 0.768. The van der Waals surface area contributed by atoms with Crippen LogP contribution in [0.3, 0.4) is 0 Å². The van der Waals surface area contributed by atoms with Crippen molar-refractivity contribution in [3.8, 4) is 0 Å². The number of nitrogens with zero attached hydrogens (tertiary/aromatic N) is 3. The van der Waals surface area contributed by atoms with E-state index in [-0.39, 0.29) is 6.04 Å². The third-order valence-corrected chi connectivity index (χ3v) is 5.11. The molecule has 2 aromatic heterocycles. The van der Waals surface area contributed by atoms with Gasteiger partial charge in [-0.25, -0.2) is 4.98 Å². The highest BCUT2D eigenvalue weighted by Gasteiger charge is 2.26. The van der Waals surface area contributed by atoms with Gasteiger partial charge >= 0.3 is 0 Å². The van der Waals surface area contributed by atoms with E-state index < -0.39 is 0 Å². The van der Waals surface area contributed by atoms with E-state index in [2.05, 4.69) is 21.8 Å². The summed E-state index contributed by atoms with van der Waals surface area (Å²) in [7, 11) is 0. The molecule has 1 aliphatic carbocycles. The predicted octanol–water partition coefficient (Wildman–Crippen LogP) is 2.95. The number of nitrogens with two attached hydrogens (primary N) is 2. The fourth-order valence-corrected chi connectivity index (χ4v) is 3.54. The summed E-state index contributed by atoms with van der Waals surface area (Å²) in [6.07, 6.45) is 8.22. The predicted molar refractivity (Wildman–Crippen MR) is 107 cm³/mol. The summed E-state index contributed by atoms with van der Waals surface area (Å²) in [5.41, 5.74) is 17.5. The van der Waals surface area contributed by atoms with Gasteiger partial charge in [-0.1, -0.05) is 6.58 Å². The maximum atomic E-state index is 6.16. The molecule has 2 aromatic rings. The molecule has 1 saturated carbocycles. The van der Waals surface area contributed by atoms with Gasteiger partial charge in [0.1, 0.15) is 5.69 Å². The Morgan fingerprint density at radius 1 is 1.23 bits per heavy atom. The molecular weight excluding hydrogens is 324 g/mol. The molecule has 6 nitrogen and oxygen atoms in total. The third kappa shape index (κ3) is 3.51. The van der Waals surface area contributed by atoms with Gasteiger partial charge in [-0.2, -0.15) is 0 Å². The van der Waals surface area contributed by atoms with Crippen molar-refractivity contribution in [3.63, 3.8) is 0 Å². The number of pyridine rings is 2. The lowest BCUT2D eigenvalue weighted by Gasteiger charge is -2.33. The number of rotatable bonds is 5. The first-order valence-electron chi connectivity index (χ1n) is 9.29. The summed E-state index contributed by atoms with van der Waals surface area (Å²) in [4.78, 5) is 11.3. The SMILES string of the molecule is C=C(Nc1cnccc1N1CCC[C@H](N)C1)c1nc(C2CC2)ccc1N. The smallest absolute Gasteiger partial charge is 0.109 e. The average molecular weight is 350 g/mol. The van der Waals surface area contributed by atoms with E-state index >= 15 is 0 Å². The second-order valence-electron chi connectivity index (χ2n) is 7.29. The highest BCUT2D eigenvalue weighted by atomic mass is 15.2. The van der Waals surface area contributed by atoms with E-state index in [0.29, 0.717) is 17.3 Å². The van der Waals surface area contributed by atoms with E-state index in [1.54, 1.807) is 0 Å². The number of nitrogen functional groups attached to an aromatic ring is 1. The lowest BCUT2D eigenvalue weighted by Crippen LogP contribution is -2.43. The van der Waals surface area contributed by atoms with Crippen LogP contribution in [0.1, 0.15) is 43.0 Å². The maximum Gasteiger partial charge on any atom is 0.109 e. The molecule has 5 N–H and O–H groups in total. The van der Waals surface area contributed by atoms with E-state index in [0.717, 1.165) is 48.7 Å². The highest BCUT2D eigenvalue weighted by Crippen LogP contribution is 2.40. The van der Waals surface area contributed by atoms with Crippen LogP contribution in [0, 0.1) is 0 Å². The largest absolute Gasteiger partial charge is 0.397 e. The minimum absolute atomic E-state index is 0.209. The molecule has 0 aromatic carbocycles. The Labute approximate surface area is 154 Å². The van der Waals surface area contributed by atoms with Crippen LogP contribution < -0.4 is 21.7 Å². The molecule has 0 radical (unpaired) electrons. The minimum atomic E-state index is 0.209. The molecule has 3 heterocycles. The molecule has 26 heavy (non-hydrogen) atoms. The van der Waals surface area contributed by atoms with Gasteiger partial charge in [0.25, 0.3) is 0 Å². The van der Waals surface area contributed by atoms with Crippen LogP contribution in [0.2, 0.25) is 0 Å². The highest BCUT2D eigenvalue weighted by molar-refractivity contribution is 5.84. The first-order valence-corrected chi connectivity index (χ1v) is 9.29. The molecule has 2 aliphatic rings. The molecule has 4 rings (SSSR count). The zero-order valence-corrected chi connectivity index (χ0v) is 15.0. The van der Waals surface area contributed by atoms with Gasteiger partial charge in [-0.3, -0.25) is 4.98 Å². The first kappa shape index (κ1) is 16.8. The first-order chi connectivity index (χ1) is 12.6. The van der Waals surface area contributed by atoms with Crippen LogP contribution in [0.15, 0.2) is 37.2 Å². The Bertz CT molecular complexity index is 814.